The molecule has 0 aliphatic rings. The highest BCUT2D eigenvalue weighted by molar-refractivity contribution is 6.30. The summed E-state index contributed by atoms with van der Waals surface area (Å²) in [5.74, 6) is 5.61. The average molecular weight is 309 g/mol. The molecule has 0 aromatic heterocycles. The minimum absolute atomic E-state index is 0.262. The molecular weight excluding hydrogens is 295 g/mol. The highest BCUT2D eigenvalue weighted by Crippen LogP contribution is 2.22. The molecule has 2 heteroatoms. The number of aryl methyl sites for hydroxylation is 1. The average Bonchev–Trinajstić information content (AvgIpc) is 2.55. The third-order valence-corrected chi connectivity index (χ3v) is 3.86. The predicted molar refractivity (Wildman–Crippen MR) is 90.7 cm³/mol. The van der Waals surface area contributed by atoms with E-state index in [0.717, 1.165) is 17.4 Å². The molecule has 0 bridgehead atoms. The molecule has 0 amide bonds. The van der Waals surface area contributed by atoms with Crippen LogP contribution in [0.5, 0.6) is 0 Å². The molecule has 0 spiro atoms. The van der Waals surface area contributed by atoms with Gasteiger partial charge in [-0.25, -0.2) is 4.39 Å². The van der Waals surface area contributed by atoms with Gasteiger partial charge in [0, 0.05) is 16.0 Å². The Hall–Kier alpha value is -2.30. The van der Waals surface area contributed by atoms with Gasteiger partial charge in [-0.2, -0.15) is 0 Å². The van der Waals surface area contributed by atoms with Gasteiger partial charge in [0.25, 0.3) is 0 Å². The van der Waals surface area contributed by atoms with Crippen LogP contribution in [-0.4, -0.2) is 0 Å². The largest absolute Gasteiger partial charge is 0.205 e. The summed E-state index contributed by atoms with van der Waals surface area (Å²) in [6, 6.07) is 16.7. The van der Waals surface area contributed by atoms with Crippen molar-refractivity contribution in [3.8, 4) is 11.8 Å². The van der Waals surface area contributed by atoms with Gasteiger partial charge in [0.05, 0.1) is 5.56 Å². The van der Waals surface area contributed by atoms with Crippen LogP contribution in [0.1, 0.15) is 23.6 Å². The molecule has 3 aromatic rings. The van der Waals surface area contributed by atoms with Crippen molar-refractivity contribution in [3.63, 3.8) is 0 Å². The molecule has 0 N–H and O–H groups in total. The molecule has 0 saturated heterocycles. The van der Waals surface area contributed by atoms with Crippen LogP contribution in [0.2, 0.25) is 5.02 Å². The zero-order chi connectivity index (χ0) is 15.5. The van der Waals surface area contributed by atoms with Crippen molar-refractivity contribution < 1.29 is 4.39 Å². The maximum atomic E-state index is 14.5. The van der Waals surface area contributed by atoms with Gasteiger partial charge in [0.1, 0.15) is 5.82 Å². The Kier molecular flexibility index (Phi) is 4.13. The number of hydrogen-bond acceptors (Lipinski definition) is 0. The summed E-state index contributed by atoms with van der Waals surface area (Å²) in [4.78, 5) is 0. The minimum Gasteiger partial charge on any atom is -0.205 e. The Morgan fingerprint density at radius 1 is 0.955 bits per heavy atom. The maximum Gasteiger partial charge on any atom is 0.146 e. The Morgan fingerprint density at radius 3 is 2.45 bits per heavy atom. The Bertz CT molecular complexity index is 883. The first-order valence-corrected chi connectivity index (χ1v) is 7.54. The monoisotopic (exact) mass is 308 g/mol. The van der Waals surface area contributed by atoms with Crippen molar-refractivity contribution >= 4 is 22.4 Å². The van der Waals surface area contributed by atoms with Crippen LogP contribution >= 0.6 is 11.6 Å². The van der Waals surface area contributed by atoms with Crippen molar-refractivity contribution in [2.75, 3.05) is 0 Å². The van der Waals surface area contributed by atoms with Crippen LogP contribution in [0.25, 0.3) is 10.8 Å². The van der Waals surface area contributed by atoms with Crippen LogP contribution in [-0.2, 0) is 6.42 Å². The van der Waals surface area contributed by atoms with E-state index < -0.39 is 0 Å². The Balaban J connectivity index is 2.02. The summed E-state index contributed by atoms with van der Waals surface area (Å²) in [6.07, 6.45) is 0.940. The lowest BCUT2D eigenvalue weighted by Crippen LogP contribution is -1.88. The van der Waals surface area contributed by atoms with Gasteiger partial charge >= 0.3 is 0 Å². The van der Waals surface area contributed by atoms with Gasteiger partial charge < -0.3 is 0 Å². The van der Waals surface area contributed by atoms with Gasteiger partial charge in [0.15, 0.2) is 0 Å². The lowest BCUT2D eigenvalue weighted by Gasteiger charge is -2.04. The topological polar surface area (TPSA) is 0 Å². The molecule has 3 aromatic carbocycles. The molecule has 0 nitrogen and oxygen atoms in total. The molecule has 0 atom stereocenters. The van der Waals surface area contributed by atoms with E-state index in [1.165, 1.54) is 5.56 Å². The van der Waals surface area contributed by atoms with Crippen LogP contribution < -0.4 is 0 Å². The second kappa shape index (κ2) is 6.22. The number of halogens is 2. The highest BCUT2D eigenvalue weighted by atomic mass is 35.5. The maximum absolute atomic E-state index is 14.5. The first-order chi connectivity index (χ1) is 10.7. The number of fused-ring (bicyclic) bond motifs is 1. The predicted octanol–water partition coefficient (Wildman–Crippen LogP) is 5.59. The summed E-state index contributed by atoms with van der Waals surface area (Å²) < 4.78 is 14.5. The van der Waals surface area contributed by atoms with Gasteiger partial charge in [-0.15, -0.1) is 0 Å². The second-order valence-corrected chi connectivity index (χ2v) is 5.53. The van der Waals surface area contributed by atoms with Gasteiger partial charge in [-0.3, -0.25) is 0 Å². The van der Waals surface area contributed by atoms with Crippen molar-refractivity contribution in [1.29, 1.82) is 0 Å². The molecule has 0 heterocycles. The van der Waals surface area contributed by atoms with Gasteiger partial charge in [-0.05, 0) is 47.7 Å². The smallest absolute Gasteiger partial charge is 0.146 e. The first kappa shape index (κ1) is 14.6. The summed E-state index contributed by atoms with van der Waals surface area (Å²) in [6.45, 7) is 2.09. The molecule has 0 radical (unpaired) electrons. The summed E-state index contributed by atoms with van der Waals surface area (Å²) in [5, 5.41) is 2.18. The standard InChI is InChI=1S/C20H14ClF/c1-2-14-6-12-19-17(13-14)9-8-16(20(19)22)7-3-15-4-10-18(21)11-5-15/h4-6,8-13H,2H2,1H3. The quantitative estimate of drug-likeness (QED) is 0.514. The normalized spacial score (nSPS) is 10.3. The van der Waals surface area contributed by atoms with Crippen molar-refractivity contribution in [2.24, 2.45) is 0 Å². The van der Waals surface area contributed by atoms with Crippen LogP contribution in [0.3, 0.4) is 0 Å². The fourth-order valence-corrected chi connectivity index (χ4v) is 2.46. The van der Waals surface area contributed by atoms with E-state index in [2.05, 4.69) is 18.8 Å². The van der Waals surface area contributed by atoms with E-state index in [4.69, 9.17) is 11.6 Å². The molecule has 0 aliphatic carbocycles. The van der Waals surface area contributed by atoms with E-state index in [9.17, 15) is 4.39 Å². The van der Waals surface area contributed by atoms with Crippen molar-refractivity contribution in [2.45, 2.75) is 13.3 Å². The minimum atomic E-state index is -0.262. The van der Waals surface area contributed by atoms with Gasteiger partial charge in [-0.1, -0.05) is 54.6 Å². The molecule has 0 unspecified atom stereocenters. The summed E-state index contributed by atoms with van der Waals surface area (Å²) in [5.41, 5.74) is 2.42. The van der Waals surface area contributed by atoms with E-state index in [1.54, 1.807) is 18.2 Å². The molecule has 3 rings (SSSR count). The highest BCUT2D eigenvalue weighted by Gasteiger charge is 2.06. The van der Waals surface area contributed by atoms with E-state index in [1.807, 2.05) is 36.4 Å². The third kappa shape index (κ3) is 2.98. The lowest BCUT2D eigenvalue weighted by atomic mass is 10.0. The van der Waals surface area contributed by atoms with Crippen LogP contribution in [0, 0.1) is 17.7 Å². The molecule has 22 heavy (non-hydrogen) atoms. The van der Waals surface area contributed by atoms with E-state index in [-0.39, 0.29) is 5.82 Å². The first-order valence-electron chi connectivity index (χ1n) is 7.16. The molecule has 0 aliphatic heterocycles. The molecule has 0 fully saturated rings. The number of rotatable bonds is 1. The molecular formula is C20H14ClF. The van der Waals surface area contributed by atoms with E-state index in [0.29, 0.717) is 16.0 Å². The second-order valence-electron chi connectivity index (χ2n) is 5.09. The van der Waals surface area contributed by atoms with Crippen LogP contribution in [0.4, 0.5) is 4.39 Å². The SMILES string of the molecule is CCc1ccc2c(F)c(C#Cc3ccc(Cl)cc3)ccc2c1. The third-order valence-electron chi connectivity index (χ3n) is 3.61. The Labute approximate surface area is 134 Å². The fraction of sp³-hybridized carbons (Fsp3) is 0.100. The summed E-state index contributed by atoms with van der Waals surface area (Å²) in [7, 11) is 0. The molecule has 0 saturated carbocycles. The molecule has 108 valence electrons. The van der Waals surface area contributed by atoms with Gasteiger partial charge in [0.2, 0.25) is 0 Å². The number of hydrogen-bond donors (Lipinski definition) is 0. The summed E-state index contributed by atoms with van der Waals surface area (Å²) >= 11 is 5.84. The number of benzene rings is 3. The van der Waals surface area contributed by atoms with E-state index >= 15 is 0 Å². The zero-order valence-corrected chi connectivity index (χ0v) is 12.9. The van der Waals surface area contributed by atoms with Crippen molar-refractivity contribution in [1.82, 2.24) is 0 Å². The van der Waals surface area contributed by atoms with Crippen LogP contribution in [0.15, 0.2) is 54.6 Å². The van der Waals surface area contributed by atoms with Crippen molar-refractivity contribution in [3.05, 3.63) is 82.1 Å². The zero-order valence-electron chi connectivity index (χ0n) is 12.2. The lowest BCUT2D eigenvalue weighted by molar-refractivity contribution is 0.636. The Morgan fingerprint density at radius 2 is 1.73 bits per heavy atom. The fourth-order valence-electron chi connectivity index (χ4n) is 2.33.